The van der Waals surface area contributed by atoms with Crippen LogP contribution in [0.1, 0.15) is 11.1 Å². The molecule has 0 aliphatic carbocycles. The number of ether oxygens (including phenoxy) is 1. The fraction of sp³-hybridized carbons (Fsp3) is 0.300. The minimum Gasteiger partial charge on any atom is -0.469 e. The summed E-state index contributed by atoms with van der Waals surface area (Å²) in [5, 5.41) is 0. The summed E-state index contributed by atoms with van der Waals surface area (Å²) in [6.07, 6.45) is -0.120. The number of carbonyl (C=O) groups is 1. The third-order valence-corrected chi connectivity index (χ3v) is 1.92. The Labute approximate surface area is 80.5 Å². The van der Waals surface area contributed by atoms with Crippen LogP contribution in [0, 0.1) is 18.6 Å². The number of methoxy groups -OCH3 is 1. The number of hydrogen-bond acceptors (Lipinski definition) is 2. The molecule has 0 unspecified atom stereocenters. The zero-order valence-electron chi connectivity index (χ0n) is 7.93. The molecule has 4 heteroatoms. The van der Waals surface area contributed by atoms with Crippen molar-refractivity contribution in [1.82, 2.24) is 0 Å². The number of rotatable bonds is 2. The Kier molecular flexibility index (Phi) is 3.17. The highest BCUT2D eigenvalue weighted by Crippen LogP contribution is 2.14. The highest BCUT2D eigenvalue weighted by molar-refractivity contribution is 5.72. The lowest BCUT2D eigenvalue weighted by Gasteiger charge is -2.03. The Balaban J connectivity index is 2.95. The van der Waals surface area contributed by atoms with Crippen molar-refractivity contribution in [2.45, 2.75) is 13.3 Å². The van der Waals surface area contributed by atoms with Gasteiger partial charge in [-0.05, 0) is 24.6 Å². The van der Waals surface area contributed by atoms with E-state index in [1.54, 1.807) is 0 Å². The highest BCUT2D eigenvalue weighted by Gasteiger charge is 2.09. The Morgan fingerprint density at radius 1 is 1.36 bits per heavy atom. The number of halogens is 2. The molecule has 76 valence electrons. The lowest BCUT2D eigenvalue weighted by atomic mass is 10.1. The van der Waals surface area contributed by atoms with Crippen molar-refractivity contribution in [1.29, 1.82) is 0 Å². The van der Waals surface area contributed by atoms with Crippen LogP contribution in [0.5, 0.6) is 0 Å². The first kappa shape index (κ1) is 10.6. The molecule has 0 radical (unpaired) electrons. The maximum atomic E-state index is 13.0. The molecule has 0 amide bonds. The van der Waals surface area contributed by atoms with Crippen LogP contribution >= 0.6 is 0 Å². The molecule has 0 bridgehead atoms. The summed E-state index contributed by atoms with van der Waals surface area (Å²) >= 11 is 0. The first-order valence-electron chi connectivity index (χ1n) is 4.06. The van der Waals surface area contributed by atoms with Gasteiger partial charge in [-0.2, -0.15) is 0 Å². The maximum Gasteiger partial charge on any atom is 0.309 e. The molecule has 1 rings (SSSR count). The monoisotopic (exact) mass is 200 g/mol. The smallest absolute Gasteiger partial charge is 0.309 e. The zero-order chi connectivity index (χ0) is 10.7. The molecule has 1 aromatic carbocycles. The molecule has 0 spiro atoms. The topological polar surface area (TPSA) is 26.3 Å². The Bertz CT molecular complexity index is 338. The van der Waals surface area contributed by atoms with Crippen molar-refractivity contribution in [3.05, 3.63) is 34.9 Å². The van der Waals surface area contributed by atoms with Gasteiger partial charge >= 0.3 is 5.97 Å². The summed E-state index contributed by atoms with van der Waals surface area (Å²) in [7, 11) is 1.23. The van der Waals surface area contributed by atoms with Crippen molar-refractivity contribution >= 4 is 5.97 Å². The minimum atomic E-state index is -0.649. The summed E-state index contributed by atoms with van der Waals surface area (Å²) in [5.74, 6) is -1.82. The fourth-order valence-corrected chi connectivity index (χ4v) is 1.04. The van der Waals surface area contributed by atoms with Crippen molar-refractivity contribution in [2.75, 3.05) is 7.11 Å². The van der Waals surface area contributed by atoms with Gasteiger partial charge in [0.15, 0.2) is 0 Å². The molecule has 0 atom stereocenters. The van der Waals surface area contributed by atoms with E-state index in [9.17, 15) is 13.6 Å². The zero-order valence-corrected chi connectivity index (χ0v) is 7.93. The summed E-state index contributed by atoms with van der Waals surface area (Å²) < 4.78 is 30.4. The van der Waals surface area contributed by atoms with Gasteiger partial charge in [0, 0.05) is 5.56 Å². The van der Waals surface area contributed by atoms with Gasteiger partial charge in [-0.15, -0.1) is 0 Å². The van der Waals surface area contributed by atoms with Gasteiger partial charge < -0.3 is 4.74 Å². The minimum absolute atomic E-state index is 0.0429. The Morgan fingerprint density at radius 3 is 2.29 bits per heavy atom. The van der Waals surface area contributed by atoms with Crippen molar-refractivity contribution in [2.24, 2.45) is 0 Å². The average Bonchev–Trinajstić information content (AvgIpc) is 2.14. The molecule has 0 heterocycles. The van der Waals surface area contributed by atoms with Crippen LogP contribution in [-0.2, 0) is 16.0 Å². The second kappa shape index (κ2) is 4.17. The second-order valence-corrected chi connectivity index (χ2v) is 2.94. The van der Waals surface area contributed by atoms with E-state index in [1.807, 2.05) is 0 Å². The Hall–Kier alpha value is -1.45. The van der Waals surface area contributed by atoms with Crippen molar-refractivity contribution in [3.8, 4) is 0 Å². The molecular weight excluding hydrogens is 190 g/mol. The molecule has 14 heavy (non-hydrogen) atoms. The molecular formula is C10H10F2O2. The highest BCUT2D eigenvalue weighted by atomic mass is 19.1. The molecule has 0 aromatic heterocycles. The van der Waals surface area contributed by atoms with Crippen LogP contribution in [-0.4, -0.2) is 13.1 Å². The maximum absolute atomic E-state index is 13.0. The SMILES string of the molecule is COC(=O)Cc1cc(F)c(C)c(F)c1. The van der Waals surface area contributed by atoms with Crippen LogP contribution in [0.25, 0.3) is 0 Å². The quantitative estimate of drug-likeness (QED) is 0.682. The van der Waals surface area contributed by atoms with Gasteiger partial charge in [0.2, 0.25) is 0 Å². The fourth-order valence-electron chi connectivity index (χ4n) is 1.04. The molecule has 1 aromatic rings. The molecule has 0 saturated carbocycles. The van der Waals surface area contributed by atoms with E-state index in [0.29, 0.717) is 0 Å². The third kappa shape index (κ3) is 2.28. The predicted octanol–water partition coefficient (Wildman–Crippen LogP) is 1.99. The molecule has 0 aliphatic rings. The van der Waals surface area contributed by atoms with E-state index in [0.717, 1.165) is 12.1 Å². The lowest BCUT2D eigenvalue weighted by molar-refractivity contribution is -0.139. The number of esters is 1. The van der Waals surface area contributed by atoms with Crippen molar-refractivity contribution < 1.29 is 18.3 Å². The van der Waals surface area contributed by atoms with E-state index >= 15 is 0 Å². The van der Waals surface area contributed by atoms with Gasteiger partial charge in [-0.1, -0.05) is 0 Å². The number of benzene rings is 1. The molecule has 0 N–H and O–H groups in total. The van der Waals surface area contributed by atoms with Crippen LogP contribution in [0.15, 0.2) is 12.1 Å². The average molecular weight is 200 g/mol. The summed E-state index contributed by atoms with van der Waals surface area (Å²) in [6, 6.07) is 2.27. The normalized spacial score (nSPS) is 10.0. The largest absolute Gasteiger partial charge is 0.469 e. The number of carbonyl (C=O) groups excluding carboxylic acids is 1. The summed E-state index contributed by atoms with van der Waals surface area (Å²) in [4.78, 5) is 10.8. The van der Waals surface area contributed by atoms with Gasteiger partial charge in [-0.25, -0.2) is 8.78 Å². The van der Waals surface area contributed by atoms with Crippen LogP contribution in [0.3, 0.4) is 0 Å². The molecule has 0 aliphatic heterocycles. The van der Waals surface area contributed by atoms with Gasteiger partial charge in [0.05, 0.1) is 13.5 Å². The second-order valence-electron chi connectivity index (χ2n) is 2.94. The summed E-state index contributed by atoms with van der Waals surface area (Å²) in [5.41, 5.74) is 0.232. The summed E-state index contributed by atoms with van der Waals surface area (Å²) in [6.45, 7) is 1.34. The van der Waals surface area contributed by atoms with Gasteiger partial charge in [0.25, 0.3) is 0 Å². The number of hydrogen-bond donors (Lipinski definition) is 0. The third-order valence-electron chi connectivity index (χ3n) is 1.92. The van der Waals surface area contributed by atoms with Crippen LogP contribution in [0.2, 0.25) is 0 Å². The van der Waals surface area contributed by atoms with Crippen molar-refractivity contribution in [3.63, 3.8) is 0 Å². The molecule has 0 saturated heterocycles. The first-order valence-corrected chi connectivity index (χ1v) is 4.06. The van der Waals surface area contributed by atoms with E-state index in [2.05, 4.69) is 4.74 Å². The predicted molar refractivity (Wildman–Crippen MR) is 46.8 cm³/mol. The first-order chi connectivity index (χ1) is 6.54. The van der Waals surface area contributed by atoms with E-state index < -0.39 is 17.6 Å². The standard InChI is InChI=1S/C10H10F2O2/c1-6-8(11)3-7(4-9(6)12)5-10(13)14-2/h3-4H,5H2,1-2H3. The van der Waals surface area contributed by atoms with E-state index in [-0.39, 0.29) is 17.5 Å². The molecule has 0 fully saturated rings. The van der Waals surface area contributed by atoms with E-state index in [1.165, 1.54) is 14.0 Å². The van der Waals surface area contributed by atoms with Gasteiger partial charge in [-0.3, -0.25) is 4.79 Å². The van der Waals surface area contributed by atoms with Gasteiger partial charge in [0.1, 0.15) is 11.6 Å². The van der Waals surface area contributed by atoms with Crippen LogP contribution in [0.4, 0.5) is 8.78 Å². The lowest BCUT2D eigenvalue weighted by Crippen LogP contribution is -2.05. The molecule has 2 nitrogen and oxygen atoms in total. The van der Waals surface area contributed by atoms with E-state index in [4.69, 9.17) is 0 Å². The van der Waals surface area contributed by atoms with Crippen LogP contribution < -0.4 is 0 Å². The Morgan fingerprint density at radius 2 is 1.86 bits per heavy atom.